The summed E-state index contributed by atoms with van der Waals surface area (Å²) in [6, 6.07) is 0. The van der Waals surface area contributed by atoms with Gasteiger partial charge in [-0.05, 0) is 12.3 Å². The van der Waals surface area contributed by atoms with Crippen molar-refractivity contribution in [2.75, 3.05) is 6.54 Å². The molecule has 0 aromatic heterocycles. The molecule has 0 aliphatic carbocycles. The third-order valence-electron chi connectivity index (χ3n) is 1.66. The van der Waals surface area contributed by atoms with E-state index in [0.29, 0.717) is 18.9 Å². The van der Waals surface area contributed by atoms with Crippen molar-refractivity contribution in [1.82, 2.24) is 5.01 Å². The van der Waals surface area contributed by atoms with Gasteiger partial charge in [-0.15, -0.1) is 0 Å². The van der Waals surface area contributed by atoms with Crippen LogP contribution in [0.2, 0.25) is 0 Å². The predicted molar refractivity (Wildman–Crippen MR) is 50.3 cm³/mol. The minimum Gasteiger partial charge on any atom is -0.281 e. The minimum absolute atomic E-state index is 0.0541. The molecule has 1 amide bonds. The van der Waals surface area contributed by atoms with Crippen LogP contribution >= 0.6 is 0 Å². The molecule has 0 atom stereocenters. The number of hydrazine groups is 1. The third kappa shape index (κ3) is 5.13. The normalized spacial score (nSPS) is 10.4. The quantitative estimate of drug-likeness (QED) is 0.388. The van der Waals surface area contributed by atoms with Gasteiger partial charge in [-0.3, -0.25) is 9.80 Å². The van der Waals surface area contributed by atoms with Crippen LogP contribution in [0.15, 0.2) is 0 Å². The number of hydrogen-bond donors (Lipinski definition) is 1. The third-order valence-corrected chi connectivity index (χ3v) is 1.66. The van der Waals surface area contributed by atoms with Crippen molar-refractivity contribution in [2.24, 2.45) is 11.8 Å². The average molecular weight is 172 g/mol. The fraction of sp³-hybridized carbons (Fsp3) is 0.889. The van der Waals surface area contributed by atoms with Crippen molar-refractivity contribution in [3.05, 3.63) is 0 Å². The first-order valence-electron chi connectivity index (χ1n) is 4.63. The van der Waals surface area contributed by atoms with Gasteiger partial charge in [0, 0.05) is 13.0 Å². The predicted octanol–water partition coefficient (Wildman–Crippen LogP) is 1.53. The molecule has 72 valence electrons. The van der Waals surface area contributed by atoms with Crippen molar-refractivity contribution in [3.8, 4) is 0 Å². The van der Waals surface area contributed by atoms with E-state index in [9.17, 15) is 4.79 Å². The molecule has 3 nitrogen and oxygen atoms in total. The van der Waals surface area contributed by atoms with Crippen LogP contribution in [-0.2, 0) is 4.79 Å². The molecule has 0 fully saturated rings. The lowest BCUT2D eigenvalue weighted by atomic mass is 10.1. The van der Waals surface area contributed by atoms with Gasteiger partial charge in [-0.1, -0.05) is 27.2 Å². The first-order chi connectivity index (χ1) is 5.57. The fourth-order valence-electron chi connectivity index (χ4n) is 0.920. The largest absolute Gasteiger partial charge is 0.281 e. The summed E-state index contributed by atoms with van der Waals surface area (Å²) < 4.78 is 0. The van der Waals surface area contributed by atoms with Crippen LogP contribution in [0.5, 0.6) is 0 Å². The Morgan fingerprint density at radius 3 is 2.50 bits per heavy atom. The van der Waals surface area contributed by atoms with Crippen LogP contribution in [0, 0.1) is 5.92 Å². The average Bonchev–Trinajstić information content (AvgIpc) is 1.98. The number of nitrogens with zero attached hydrogens (tertiary/aromatic N) is 1. The van der Waals surface area contributed by atoms with Crippen LogP contribution in [0.3, 0.4) is 0 Å². The first kappa shape index (κ1) is 11.4. The molecule has 0 heterocycles. The second kappa shape index (κ2) is 6.00. The molecule has 0 aromatic rings. The summed E-state index contributed by atoms with van der Waals surface area (Å²) in [6.45, 7) is 6.81. The number of carbonyl (C=O) groups is 1. The molecule has 0 aromatic carbocycles. The van der Waals surface area contributed by atoms with Crippen LogP contribution in [-0.4, -0.2) is 17.5 Å². The van der Waals surface area contributed by atoms with E-state index in [1.165, 1.54) is 5.01 Å². The van der Waals surface area contributed by atoms with Crippen LogP contribution in [0.25, 0.3) is 0 Å². The Morgan fingerprint density at radius 1 is 1.50 bits per heavy atom. The second-order valence-electron chi connectivity index (χ2n) is 3.54. The lowest BCUT2D eigenvalue weighted by molar-refractivity contribution is -0.132. The van der Waals surface area contributed by atoms with Gasteiger partial charge < -0.3 is 0 Å². The SMILES string of the molecule is CCCCN(N)C(=O)CC(C)C. The Kier molecular flexibility index (Phi) is 5.72. The number of amides is 1. The zero-order valence-electron chi connectivity index (χ0n) is 8.34. The molecule has 2 N–H and O–H groups in total. The molecule has 12 heavy (non-hydrogen) atoms. The standard InChI is InChI=1S/C9H20N2O/c1-4-5-6-11(10)9(12)7-8(2)3/h8H,4-7,10H2,1-3H3. The van der Waals surface area contributed by atoms with Gasteiger partial charge in [0.2, 0.25) is 5.91 Å². The summed E-state index contributed by atoms with van der Waals surface area (Å²) in [7, 11) is 0. The number of carbonyl (C=O) groups excluding carboxylic acids is 1. The van der Waals surface area contributed by atoms with Gasteiger partial charge in [0.15, 0.2) is 0 Å². The summed E-state index contributed by atoms with van der Waals surface area (Å²) in [6.07, 6.45) is 2.61. The molecule has 0 saturated carbocycles. The Bertz CT molecular complexity index is 134. The van der Waals surface area contributed by atoms with E-state index < -0.39 is 0 Å². The molecular formula is C9H20N2O. The van der Waals surface area contributed by atoms with Gasteiger partial charge in [-0.2, -0.15) is 0 Å². The van der Waals surface area contributed by atoms with E-state index >= 15 is 0 Å². The van der Waals surface area contributed by atoms with Gasteiger partial charge in [0.1, 0.15) is 0 Å². The number of nitrogens with two attached hydrogens (primary N) is 1. The maximum atomic E-state index is 11.3. The fourth-order valence-corrected chi connectivity index (χ4v) is 0.920. The minimum atomic E-state index is 0.0541. The zero-order valence-corrected chi connectivity index (χ0v) is 8.34. The summed E-state index contributed by atoms with van der Waals surface area (Å²) in [5.41, 5.74) is 0. The van der Waals surface area contributed by atoms with Crippen molar-refractivity contribution < 1.29 is 4.79 Å². The van der Waals surface area contributed by atoms with Crippen LogP contribution in [0.4, 0.5) is 0 Å². The summed E-state index contributed by atoms with van der Waals surface area (Å²) in [5.74, 6) is 5.98. The number of unbranched alkanes of at least 4 members (excludes halogenated alkanes) is 1. The van der Waals surface area contributed by atoms with Gasteiger partial charge in [-0.25, -0.2) is 5.84 Å². The number of hydrogen-bond acceptors (Lipinski definition) is 2. The zero-order chi connectivity index (χ0) is 9.56. The lowest BCUT2D eigenvalue weighted by Gasteiger charge is -2.16. The molecule has 0 unspecified atom stereocenters. The van der Waals surface area contributed by atoms with Gasteiger partial charge in [0.05, 0.1) is 0 Å². The van der Waals surface area contributed by atoms with E-state index in [2.05, 4.69) is 6.92 Å². The van der Waals surface area contributed by atoms with Crippen LogP contribution in [0.1, 0.15) is 40.0 Å². The molecule has 0 bridgehead atoms. The topological polar surface area (TPSA) is 46.3 Å². The molecule has 0 saturated heterocycles. The van der Waals surface area contributed by atoms with Gasteiger partial charge >= 0.3 is 0 Å². The van der Waals surface area contributed by atoms with Crippen LogP contribution < -0.4 is 5.84 Å². The Hall–Kier alpha value is -0.570. The summed E-state index contributed by atoms with van der Waals surface area (Å²) in [4.78, 5) is 11.3. The van der Waals surface area contributed by atoms with Gasteiger partial charge in [0.25, 0.3) is 0 Å². The number of rotatable bonds is 5. The van der Waals surface area contributed by atoms with Crippen molar-refractivity contribution in [1.29, 1.82) is 0 Å². The Balaban J connectivity index is 3.61. The Morgan fingerprint density at radius 2 is 2.08 bits per heavy atom. The molecule has 0 aliphatic heterocycles. The monoisotopic (exact) mass is 172 g/mol. The maximum Gasteiger partial charge on any atom is 0.236 e. The first-order valence-corrected chi connectivity index (χ1v) is 4.63. The smallest absolute Gasteiger partial charge is 0.236 e. The van der Waals surface area contributed by atoms with E-state index in [4.69, 9.17) is 5.84 Å². The highest BCUT2D eigenvalue weighted by Crippen LogP contribution is 2.02. The maximum absolute atomic E-state index is 11.3. The van der Waals surface area contributed by atoms with E-state index in [-0.39, 0.29) is 5.91 Å². The second-order valence-corrected chi connectivity index (χ2v) is 3.54. The summed E-state index contributed by atoms with van der Waals surface area (Å²) in [5, 5.41) is 1.34. The highest BCUT2D eigenvalue weighted by molar-refractivity contribution is 5.75. The summed E-state index contributed by atoms with van der Waals surface area (Å²) >= 11 is 0. The van der Waals surface area contributed by atoms with E-state index in [1.807, 2.05) is 13.8 Å². The van der Waals surface area contributed by atoms with Crippen molar-refractivity contribution in [3.63, 3.8) is 0 Å². The van der Waals surface area contributed by atoms with Crippen molar-refractivity contribution >= 4 is 5.91 Å². The lowest BCUT2D eigenvalue weighted by Crippen LogP contribution is -2.38. The molecular weight excluding hydrogens is 152 g/mol. The highest BCUT2D eigenvalue weighted by atomic mass is 16.2. The molecule has 3 heteroatoms. The molecule has 0 aliphatic rings. The molecule has 0 spiro atoms. The Labute approximate surface area is 74.9 Å². The highest BCUT2D eigenvalue weighted by Gasteiger charge is 2.09. The molecule has 0 radical (unpaired) electrons. The van der Waals surface area contributed by atoms with E-state index in [0.717, 1.165) is 12.8 Å². The molecule has 0 rings (SSSR count). The van der Waals surface area contributed by atoms with Crippen molar-refractivity contribution in [2.45, 2.75) is 40.0 Å². The van der Waals surface area contributed by atoms with E-state index in [1.54, 1.807) is 0 Å².